The van der Waals surface area contributed by atoms with E-state index in [1.54, 1.807) is 0 Å². The van der Waals surface area contributed by atoms with E-state index in [2.05, 4.69) is 187 Å². The Labute approximate surface area is 401 Å². The third kappa shape index (κ3) is 6.03. The first-order chi connectivity index (χ1) is 34.7. The van der Waals surface area contributed by atoms with Crippen LogP contribution in [-0.2, 0) is 6.42 Å². The van der Waals surface area contributed by atoms with Crippen molar-refractivity contribution in [3.05, 3.63) is 229 Å². The highest BCUT2D eigenvalue weighted by molar-refractivity contribution is 6.11. The Balaban J connectivity index is 0.978. The number of para-hydroxylation sites is 4. The molecule has 0 saturated carbocycles. The summed E-state index contributed by atoms with van der Waals surface area (Å²) in [5.74, 6) is 1.76. The van der Waals surface area contributed by atoms with Crippen molar-refractivity contribution in [2.75, 3.05) is 0 Å². The molecule has 70 heavy (non-hydrogen) atoms. The molecule has 328 valence electrons. The number of fused-ring (bicyclic) bond motifs is 13. The van der Waals surface area contributed by atoms with Crippen LogP contribution in [-0.4, -0.2) is 19.5 Å². The van der Waals surface area contributed by atoms with Crippen LogP contribution in [0.1, 0.15) is 29.0 Å². The lowest BCUT2D eigenvalue weighted by atomic mass is 9.84. The van der Waals surface area contributed by atoms with Gasteiger partial charge in [0.25, 0.3) is 0 Å². The summed E-state index contributed by atoms with van der Waals surface area (Å²) in [6, 6.07) is 75.6. The first kappa shape index (κ1) is 38.9. The molecular formula is C64H40N4O2. The molecule has 0 unspecified atom stereocenters. The van der Waals surface area contributed by atoms with Gasteiger partial charge < -0.3 is 13.4 Å². The molecule has 4 aromatic heterocycles. The van der Waals surface area contributed by atoms with Crippen LogP contribution in [0.3, 0.4) is 0 Å². The van der Waals surface area contributed by atoms with Gasteiger partial charge in [-0.25, -0.2) is 15.0 Å². The number of rotatable bonds is 5. The Bertz CT molecular complexity index is 4450. The van der Waals surface area contributed by atoms with Crippen LogP contribution in [0.5, 0.6) is 0 Å². The number of aryl methyl sites for hydroxylation is 1. The molecule has 6 heteroatoms. The minimum absolute atomic E-state index is 0.0865. The van der Waals surface area contributed by atoms with Gasteiger partial charge in [-0.2, -0.15) is 0 Å². The van der Waals surface area contributed by atoms with Crippen LogP contribution in [0, 0.1) is 0 Å². The molecule has 1 atom stereocenters. The summed E-state index contributed by atoms with van der Waals surface area (Å²) in [6.45, 7) is 0. The standard InChI is InChI=1S/C64H40N4O2/c1-2-16-44(17-3-1)68-56-23-11-8-20-48(56)49-30-27-42(37-57(49)68)63-65-62(41-28-31-60-53(34-41)50-21-9-12-24-58(50)69-60)66-64(67-63)55-36-43(35-54-51-22-10-13-25-59(51)70-61(54)55)45-29-26-40-32-38-14-4-5-15-39(38)33-52(40)47-19-7-6-18-46(45)47/h1-25,27-28,30-37,45H,26,29H2/t45-/m0/s1. The minimum atomic E-state index is 0.0865. The molecule has 4 heterocycles. The second kappa shape index (κ2) is 15.2. The van der Waals surface area contributed by atoms with E-state index in [4.69, 9.17) is 23.8 Å². The van der Waals surface area contributed by atoms with Gasteiger partial charge in [0.2, 0.25) is 0 Å². The minimum Gasteiger partial charge on any atom is -0.456 e. The van der Waals surface area contributed by atoms with E-state index in [9.17, 15) is 0 Å². The van der Waals surface area contributed by atoms with Gasteiger partial charge in [-0.15, -0.1) is 0 Å². The van der Waals surface area contributed by atoms with Crippen molar-refractivity contribution in [1.82, 2.24) is 19.5 Å². The van der Waals surface area contributed by atoms with Crippen LogP contribution < -0.4 is 0 Å². The molecule has 0 aliphatic heterocycles. The molecule has 1 aliphatic carbocycles. The second-order valence-corrected chi connectivity index (χ2v) is 18.6. The largest absolute Gasteiger partial charge is 0.456 e. The molecule has 10 aromatic carbocycles. The lowest BCUT2D eigenvalue weighted by Crippen LogP contribution is -2.04. The zero-order valence-corrected chi connectivity index (χ0v) is 37.8. The topological polar surface area (TPSA) is 69.9 Å². The summed E-state index contributed by atoms with van der Waals surface area (Å²) in [7, 11) is 0. The predicted molar refractivity (Wildman–Crippen MR) is 285 cm³/mol. The number of hydrogen-bond donors (Lipinski definition) is 0. The van der Waals surface area contributed by atoms with Crippen molar-refractivity contribution in [3.63, 3.8) is 0 Å². The van der Waals surface area contributed by atoms with Crippen LogP contribution in [0.15, 0.2) is 221 Å². The highest BCUT2D eigenvalue weighted by atomic mass is 16.3. The van der Waals surface area contributed by atoms with Gasteiger partial charge in [-0.3, -0.25) is 0 Å². The fraction of sp³-hybridized carbons (Fsp3) is 0.0469. The number of aromatic nitrogens is 4. The summed E-state index contributed by atoms with van der Waals surface area (Å²) in [5.41, 5.74) is 15.6. The van der Waals surface area contributed by atoms with Gasteiger partial charge >= 0.3 is 0 Å². The molecule has 0 amide bonds. The fourth-order valence-electron chi connectivity index (χ4n) is 11.4. The van der Waals surface area contributed by atoms with Crippen LogP contribution in [0.2, 0.25) is 0 Å². The molecule has 0 fully saturated rings. The van der Waals surface area contributed by atoms with Crippen LogP contribution in [0.25, 0.3) is 127 Å². The van der Waals surface area contributed by atoms with Gasteiger partial charge in [0.1, 0.15) is 22.3 Å². The first-order valence-electron chi connectivity index (χ1n) is 24.0. The van der Waals surface area contributed by atoms with E-state index in [1.807, 2.05) is 30.3 Å². The Hall–Kier alpha value is -9.13. The van der Waals surface area contributed by atoms with Crippen LogP contribution >= 0.6 is 0 Å². The lowest BCUT2D eigenvalue weighted by molar-refractivity contribution is 0.668. The molecule has 14 aromatic rings. The molecule has 15 rings (SSSR count). The maximum atomic E-state index is 6.90. The first-order valence-corrected chi connectivity index (χ1v) is 24.0. The molecule has 0 radical (unpaired) electrons. The smallest absolute Gasteiger partial charge is 0.167 e. The third-order valence-electron chi connectivity index (χ3n) is 14.7. The van der Waals surface area contributed by atoms with Crippen LogP contribution in [0.4, 0.5) is 0 Å². The second-order valence-electron chi connectivity index (χ2n) is 18.6. The Kier molecular flexibility index (Phi) is 8.45. The number of benzene rings is 10. The maximum absolute atomic E-state index is 6.90. The van der Waals surface area contributed by atoms with Crippen molar-refractivity contribution < 1.29 is 8.83 Å². The summed E-state index contributed by atoms with van der Waals surface area (Å²) in [4.78, 5) is 16.3. The molecule has 0 bridgehead atoms. The summed E-state index contributed by atoms with van der Waals surface area (Å²) in [6.07, 6.45) is 1.87. The highest BCUT2D eigenvalue weighted by Crippen LogP contribution is 2.46. The van der Waals surface area contributed by atoms with Crippen molar-refractivity contribution in [2.45, 2.75) is 18.8 Å². The highest BCUT2D eigenvalue weighted by Gasteiger charge is 2.28. The maximum Gasteiger partial charge on any atom is 0.167 e. The third-order valence-corrected chi connectivity index (χ3v) is 14.7. The zero-order valence-electron chi connectivity index (χ0n) is 37.8. The number of hydrogen-bond acceptors (Lipinski definition) is 5. The van der Waals surface area contributed by atoms with E-state index < -0.39 is 0 Å². The SMILES string of the molecule is c1ccc(-n2c3ccccc3c3ccc(-c4nc(-c5ccc6oc7ccccc7c6c5)nc(-c5cc([C@@H]6CCc7cc8ccccc8cc7-c7ccccc76)cc6c5oc5ccccc56)n4)cc32)cc1. The summed E-state index contributed by atoms with van der Waals surface area (Å²) < 4.78 is 15.5. The number of nitrogens with zero attached hydrogens (tertiary/aromatic N) is 4. The average Bonchev–Trinajstić information content (AvgIpc) is 4.06. The molecule has 0 saturated heterocycles. The average molecular weight is 897 g/mol. The molecule has 0 spiro atoms. The van der Waals surface area contributed by atoms with Gasteiger partial charge in [0, 0.05) is 55.0 Å². The molecule has 1 aliphatic rings. The van der Waals surface area contributed by atoms with E-state index in [0.29, 0.717) is 17.5 Å². The molecular weight excluding hydrogens is 857 g/mol. The van der Waals surface area contributed by atoms with E-state index >= 15 is 0 Å². The quantitative estimate of drug-likeness (QED) is 0.172. The number of furan rings is 2. The Morgan fingerprint density at radius 1 is 0.400 bits per heavy atom. The Morgan fingerprint density at radius 2 is 1.03 bits per heavy atom. The fourth-order valence-corrected chi connectivity index (χ4v) is 11.4. The predicted octanol–water partition coefficient (Wildman–Crippen LogP) is 16.7. The van der Waals surface area contributed by atoms with Crippen molar-refractivity contribution in [1.29, 1.82) is 0 Å². The Morgan fingerprint density at radius 3 is 1.87 bits per heavy atom. The molecule has 0 N–H and O–H groups in total. The van der Waals surface area contributed by atoms with Crippen molar-refractivity contribution in [3.8, 4) is 51.0 Å². The van der Waals surface area contributed by atoms with E-state index in [0.717, 1.165) is 95.5 Å². The van der Waals surface area contributed by atoms with Crippen molar-refractivity contribution in [2.24, 2.45) is 0 Å². The van der Waals surface area contributed by atoms with Gasteiger partial charge in [0.05, 0.1) is 16.6 Å². The normalized spacial score (nSPS) is 13.7. The zero-order chi connectivity index (χ0) is 45.9. The van der Waals surface area contributed by atoms with Gasteiger partial charge in [-0.1, -0.05) is 140 Å². The van der Waals surface area contributed by atoms with Gasteiger partial charge in [-0.05, 0) is 124 Å². The lowest BCUT2D eigenvalue weighted by Gasteiger charge is -2.20. The molecule has 6 nitrogen and oxygen atoms in total. The summed E-state index contributed by atoms with van der Waals surface area (Å²) in [5, 5.41) is 9.02. The summed E-state index contributed by atoms with van der Waals surface area (Å²) >= 11 is 0. The van der Waals surface area contributed by atoms with E-state index in [1.165, 1.54) is 44.0 Å². The van der Waals surface area contributed by atoms with E-state index in [-0.39, 0.29) is 5.92 Å². The van der Waals surface area contributed by atoms with Crippen molar-refractivity contribution >= 4 is 76.5 Å². The van der Waals surface area contributed by atoms with Gasteiger partial charge in [0.15, 0.2) is 17.5 Å². The monoisotopic (exact) mass is 896 g/mol.